The van der Waals surface area contributed by atoms with Gasteiger partial charge in [0.25, 0.3) is 0 Å². The van der Waals surface area contributed by atoms with Crippen LogP contribution in [0.5, 0.6) is 0 Å². The Morgan fingerprint density at radius 2 is 1.95 bits per heavy atom. The number of hydrogen-bond donors (Lipinski definition) is 3. The van der Waals surface area contributed by atoms with Gasteiger partial charge in [0.05, 0.1) is 6.04 Å². The summed E-state index contributed by atoms with van der Waals surface area (Å²) in [5, 5.41) is 12.0. The number of carboxylic acids is 1. The Hall–Kier alpha value is -1.59. The van der Waals surface area contributed by atoms with Crippen LogP contribution in [-0.4, -0.2) is 23.0 Å². The quantitative estimate of drug-likeness (QED) is 0.748. The van der Waals surface area contributed by atoms with E-state index in [0.717, 1.165) is 0 Å². The third-order valence-corrected chi connectivity index (χ3v) is 3.16. The zero-order valence-electron chi connectivity index (χ0n) is 11.5. The normalized spacial score (nSPS) is 13.8. The monoisotopic (exact) mass is 298 g/mol. The summed E-state index contributed by atoms with van der Waals surface area (Å²) >= 11 is 5.96. The predicted octanol–water partition coefficient (Wildman–Crippen LogP) is 1.96. The van der Waals surface area contributed by atoms with E-state index in [1.807, 2.05) is 13.8 Å². The first-order valence-corrected chi connectivity index (χ1v) is 6.74. The van der Waals surface area contributed by atoms with Gasteiger partial charge in [0.2, 0.25) is 5.91 Å². The molecule has 1 amide bonds. The standard InChI is InChI=1S/C14H19ClN2O3/c1-8(2)7-11(16)13(18)17-12(14(19)20)9-5-3-4-6-10(9)15/h3-6,8,11-12H,7,16H2,1-2H3,(H,17,18)(H,19,20)/t11?,12-/m1/s1. The molecule has 4 N–H and O–H groups in total. The van der Waals surface area contributed by atoms with Gasteiger partial charge in [0, 0.05) is 10.6 Å². The number of hydrogen-bond acceptors (Lipinski definition) is 3. The highest BCUT2D eigenvalue weighted by atomic mass is 35.5. The van der Waals surface area contributed by atoms with Crippen LogP contribution in [0.2, 0.25) is 5.02 Å². The van der Waals surface area contributed by atoms with Crippen molar-refractivity contribution < 1.29 is 14.7 Å². The lowest BCUT2D eigenvalue weighted by molar-refractivity contribution is -0.142. The molecule has 110 valence electrons. The Bertz CT molecular complexity index is 491. The van der Waals surface area contributed by atoms with Crippen LogP contribution in [-0.2, 0) is 9.59 Å². The summed E-state index contributed by atoms with van der Waals surface area (Å²) in [7, 11) is 0. The van der Waals surface area contributed by atoms with Gasteiger partial charge in [-0.1, -0.05) is 43.6 Å². The number of halogens is 1. The molecule has 0 heterocycles. The SMILES string of the molecule is CC(C)CC(N)C(=O)N[C@@H](C(=O)O)c1ccccc1Cl. The van der Waals surface area contributed by atoms with E-state index in [2.05, 4.69) is 5.32 Å². The summed E-state index contributed by atoms with van der Waals surface area (Å²) < 4.78 is 0. The van der Waals surface area contributed by atoms with Gasteiger partial charge < -0.3 is 16.2 Å². The van der Waals surface area contributed by atoms with Crippen molar-refractivity contribution in [3.63, 3.8) is 0 Å². The number of benzene rings is 1. The highest BCUT2D eigenvalue weighted by Gasteiger charge is 2.26. The molecule has 0 spiro atoms. The summed E-state index contributed by atoms with van der Waals surface area (Å²) in [5.74, 6) is -1.42. The van der Waals surface area contributed by atoms with Gasteiger partial charge in [-0.3, -0.25) is 4.79 Å². The third-order valence-electron chi connectivity index (χ3n) is 2.81. The lowest BCUT2D eigenvalue weighted by Crippen LogP contribution is -2.44. The number of nitrogens with one attached hydrogen (secondary N) is 1. The van der Waals surface area contributed by atoms with Crippen LogP contribution in [0.3, 0.4) is 0 Å². The van der Waals surface area contributed by atoms with Gasteiger partial charge in [-0.15, -0.1) is 0 Å². The van der Waals surface area contributed by atoms with E-state index in [4.69, 9.17) is 17.3 Å². The summed E-state index contributed by atoms with van der Waals surface area (Å²) in [6.07, 6.45) is 0.487. The van der Waals surface area contributed by atoms with Crippen LogP contribution in [0.4, 0.5) is 0 Å². The minimum Gasteiger partial charge on any atom is -0.479 e. The molecular formula is C14H19ClN2O3. The van der Waals surface area contributed by atoms with Crippen LogP contribution >= 0.6 is 11.6 Å². The summed E-state index contributed by atoms with van der Waals surface area (Å²) in [6.45, 7) is 3.88. The highest BCUT2D eigenvalue weighted by molar-refractivity contribution is 6.31. The van der Waals surface area contributed by atoms with E-state index in [1.165, 1.54) is 0 Å². The third kappa shape index (κ3) is 4.51. The van der Waals surface area contributed by atoms with Gasteiger partial charge in [0.15, 0.2) is 6.04 Å². The van der Waals surface area contributed by atoms with E-state index in [1.54, 1.807) is 24.3 Å². The molecule has 0 aliphatic heterocycles. The molecule has 2 atom stereocenters. The Kier molecular flexibility index (Phi) is 5.98. The molecule has 0 radical (unpaired) electrons. The van der Waals surface area contributed by atoms with E-state index >= 15 is 0 Å². The maximum atomic E-state index is 11.9. The maximum Gasteiger partial charge on any atom is 0.330 e. The summed E-state index contributed by atoms with van der Waals surface area (Å²) in [6, 6.07) is 4.56. The molecule has 0 bridgehead atoms. The van der Waals surface area contributed by atoms with Crippen molar-refractivity contribution in [1.29, 1.82) is 0 Å². The largest absolute Gasteiger partial charge is 0.479 e. The van der Waals surface area contributed by atoms with Crippen molar-refractivity contribution >= 4 is 23.5 Å². The van der Waals surface area contributed by atoms with E-state index in [9.17, 15) is 14.7 Å². The molecule has 0 fully saturated rings. The van der Waals surface area contributed by atoms with E-state index in [0.29, 0.717) is 12.0 Å². The minimum atomic E-state index is -1.20. The molecule has 20 heavy (non-hydrogen) atoms. The van der Waals surface area contributed by atoms with Crippen molar-refractivity contribution in [1.82, 2.24) is 5.32 Å². The highest BCUT2D eigenvalue weighted by Crippen LogP contribution is 2.23. The average molecular weight is 299 g/mol. The smallest absolute Gasteiger partial charge is 0.330 e. The summed E-state index contributed by atoms with van der Waals surface area (Å²) in [4.78, 5) is 23.3. The fraction of sp³-hybridized carbons (Fsp3) is 0.429. The van der Waals surface area contributed by atoms with Gasteiger partial charge in [-0.25, -0.2) is 4.79 Å². The molecule has 1 aromatic carbocycles. The molecule has 1 rings (SSSR count). The Morgan fingerprint density at radius 3 is 2.45 bits per heavy atom. The number of carbonyl (C=O) groups excluding carboxylic acids is 1. The van der Waals surface area contributed by atoms with Crippen molar-refractivity contribution in [2.45, 2.75) is 32.4 Å². The number of rotatable bonds is 6. The molecule has 0 aliphatic rings. The average Bonchev–Trinajstić information content (AvgIpc) is 2.35. The zero-order valence-corrected chi connectivity index (χ0v) is 12.2. The van der Waals surface area contributed by atoms with Crippen LogP contribution in [0.15, 0.2) is 24.3 Å². The van der Waals surface area contributed by atoms with E-state index in [-0.39, 0.29) is 10.9 Å². The number of carboxylic acid groups (broad SMARTS) is 1. The first-order chi connectivity index (χ1) is 9.32. The fourth-order valence-electron chi connectivity index (χ4n) is 1.85. The Morgan fingerprint density at radius 1 is 1.35 bits per heavy atom. The number of aliphatic carboxylic acids is 1. The second kappa shape index (κ2) is 7.26. The maximum absolute atomic E-state index is 11.9. The second-order valence-corrected chi connectivity index (χ2v) is 5.44. The topological polar surface area (TPSA) is 92.4 Å². The molecule has 0 saturated heterocycles. The lowest BCUT2D eigenvalue weighted by Gasteiger charge is -2.19. The van der Waals surface area contributed by atoms with Gasteiger partial charge >= 0.3 is 5.97 Å². The molecule has 1 unspecified atom stereocenters. The van der Waals surface area contributed by atoms with Crippen molar-refractivity contribution in [3.8, 4) is 0 Å². The number of amides is 1. The molecular weight excluding hydrogens is 280 g/mol. The minimum absolute atomic E-state index is 0.249. The molecule has 6 heteroatoms. The van der Waals surface area contributed by atoms with Crippen molar-refractivity contribution in [3.05, 3.63) is 34.9 Å². The zero-order chi connectivity index (χ0) is 15.3. The van der Waals surface area contributed by atoms with Crippen LogP contribution in [0.25, 0.3) is 0 Å². The van der Waals surface area contributed by atoms with Gasteiger partial charge in [0.1, 0.15) is 0 Å². The van der Waals surface area contributed by atoms with Crippen LogP contribution in [0, 0.1) is 5.92 Å². The summed E-state index contributed by atoms with van der Waals surface area (Å²) in [5.41, 5.74) is 6.08. The second-order valence-electron chi connectivity index (χ2n) is 5.04. The van der Waals surface area contributed by atoms with Crippen molar-refractivity contribution in [2.24, 2.45) is 11.7 Å². The Balaban J connectivity index is 2.87. The van der Waals surface area contributed by atoms with E-state index < -0.39 is 24.0 Å². The van der Waals surface area contributed by atoms with Crippen LogP contribution in [0.1, 0.15) is 31.9 Å². The molecule has 0 aromatic heterocycles. The van der Waals surface area contributed by atoms with Gasteiger partial charge in [-0.2, -0.15) is 0 Å². The lowest BCUT2D eigenvalue weighted by atomic mass is 10.0. The number of carbonyl (C=O) groups is 2. The first kappa shape index (κ1) is 16.5. The van der Waals surface area contributed by atoms with Crippen molar-refractivity contribution in [2.75, 3.05) is 0 Å². The number of nitrogens with two attached hydrogens (primary N) is 1. The molecule has 0 aliphatic carbocycles. The van der Waals surface area contributed by atoms with Gasteiger partial charge in [-0.05, 0) is 18.4 Å². The molecule has 5 nitrogen and oxygen atoms in total. The molecule has 0 saturated carbocycles. The predicted molar refractivity (Wildman–Crippen MR) is 77.4 cm³/mol. The first-order valence-electron chi connectivity index (χ1n) is 6.36. The van der Waals surface area contributed by atoms with Crippen LogP contribution < -0.4 is 11.1 Å². The molecule has 1 aromatic rings. The Labute approximate surface area is 123 Å². The fourth-order valence-corrected chi connectivity index (χ4v) is 2.09.